The van der Waals surface area contributed by atoms with Crippen LogP contribution in [0.25, 0.3) is 0 Å². The number of cyclic esters (lactones) is 1. The third-order valence-electron chi connectivity index (χ3n) is 3.36. The normalized spacial score (nSPS) is 18.0. The second-order valence-corrected chi connectivity index (χ2v) is 6.29. The number of carbonyl (C=O) groups is 2. The van der Waals surface area contributed by atoms with Crippen LogP contribution in [-0.4, -0.2) is 52.3 Å². The molecule has 1 aromatic rings. The van der Waals surface area contributed by atoms with Gasteiger partial charge in [-0.1, -0.05) is 11.1 Å². The molecule has 0 radical (unpaired) electrons. The summed E-state index contributed by atoms with van der Waals surface area (Å²) in [7, 11) is 0. The van der Waals surface area contributed by atoms with Crippen LogP contribution in [-0.2, 0) is 20.6 Å². The van der Waals surface area contributed by atoms with Crippen LogP contribution in [0.2, 0.25) is 0 Å². The molecule has 1 saturated heterocycles. The molecule has 2 N–H and O–H groups in total. The number of hydrogen-bond acceptors (Lipinski definition) is 6. The first-order valence-corrected chi connectivity index (χ1v) is 8.53. The zero-order valence-electron chi connectivity index (χ0n) is 13.2. The number of amides is 2. The Morgan fingerprint density at radius 3 is 2.64 bits per heavy atom. The van der Waals surface area contributed by atoms with E-state index in [1.807, 2.05) is 0 Å². The Labute approximate surface area is 144 Å². The molecule has 1 unspecified atom stereocenters. The summed E-state index contributed by atoms with van der Waals surface area (Å²) >= 11 is -2.33. The first kappa shape index (κ1) is 19.1. The van der Waals surface area contributed by atoms with Crippen LogP contribution >= 0.6 is 0 Å². The molecule has 1 aliphatic heterocycles. The molecular formula is C14H16F2N3O5S-. The molecule has 0 aliphatic carbocycles. The van der Waals surface area contributed by atoms with E-state index in [2.05, 4.69) is 10.6 Å². The van der Waals surface area contributed by atoms with E-state index in [-0.39, 0.29) is 37.0 Å². The first-order valence-electron chi connectivity index (χ1n) is 7.29. The van der Waals surface area contributed by atoms with Gasteiger partial charge < -0.3 is 19.9 Å². The maximum Gasteiger partial charge on any atom is 0.414 e. The van der Waals surface area contributed by atoms with Crippen molar-refractivity contribution in [1.29, 1.82) is 0 Å². The fourth-order valence-corrected chi connectivity index (χ4v) is 2.51. The molecule has 25 heavy (non-hydrogen) atoms. The molecule has 1 heterocycles. The van der Waals surface area contributed by atoms with Crippen LogP contribution in [0.15, 0.2) is 12.1 Å². The molecule has 1 aliphatic rings. The van der Waals surface area contributed by atoms with Crippen LogP contribution in [0, 0.1) is 11.6 Å². The quantitative estimate of drug-likeness (QED) is 0.679. The van der Waals surface area contributed by atoms with Crippen LogP contribution < -0.4 is 15.5 Å². The predicted molar refractivity (Wildman–Crippen MR) is 84.9 cm³/mol. The number of benzene rings is 1. The summed E-state index contributed by atoms with van der Waals surface area (Å²) in [6, 6.07) is 1.89. The number of rotatable bonds is 7. The molecule has 1 aromatic carbocycles. The minimum absolute atomic E-state index is 0.0277. The minimum atomic E-state index is -2.33. The lowest BCUT2D eigenvalue weighted by molar-refractivity contribution is -0.119. The predicted octanol–water partition coefficient (Wildman–Crippen LogP) is 0.717. The van der Waals surface area contributed by atoms with E-state index in [0.717, 1.165) is 17.0 Å². The number of anilines is 2. The molecule has 0 saturated carbocycles. The lowest BCUT2D eigenvalue weighted by Crippen LogP contribution is -2.33. The molecule has 2 amide bonds. The zero-order chi connectivity index (χ0) is 18.6. The van der Waals surface area contributed by atoms with Crippen LogP contribution in [0.1, 0.15) is 6.92 Å². The number of carbonyl (C=O) groups excluding carboxylic acids is 2. The van der Waals surface area contributed by atoms with Gasteiger partial charge in [0.15, 0.2) is 11.6 Å². The van der Waals surface area contributed by atoms with E-state index in [4.69, 9.17) is 4.74 Å². The maximum atomic E-state index is 14.1. The number of nitrogens with one attached hydrogen (secondary N) is 2. The van der Waals surface area contributed by atoms with Crippen molar-refractivity contribution < 1.29 is 31.9 Å². The Morgan fingerprint density at radius 1 is 1.44 bits per heavy atom. The first-order chi connectivity index (χ1) is 11.8. The van der Waals surface area contributed by atoms with Gasteiger partial charge in [-0.05, 0) is 0 Å². The summed E-state index contributed by atoms with van der Waals surface area (Å²) in [5.74, 6) is -2.53. The Bertz CT molecular complexity index is 680. The maximum absolute atomic E-state index is 14.1. The molecule has 0 aromatic heterocycles. The highest BCUT2D eigenvalue weighted by Crippen LogP contribution is 2.28. The summed E-state index contributed by atoms with van der Waals surface area (Å²) in [5, 5.41) is 4.85. The van der Waals surface area contributed by atoms with Crippen molar-refractivity contribution in [1.82, 2.24) is 5.32 Å². The van der Waals surface area contributed by atoms with Gasteiger partial charge in [-0.2, -0.15) is 0 Å². The van der Waals surface area contributed by atoms with Crippen molar-refractivity contribution in [3.05, 3.63) is 23.8 Å². The molecule has 0 bridgehead atoms. The number of ether oxygens (including phenoxy) is 1. The second kappa shape index (κ2) is 8.21. The Kier molecular flexibility index (Phi) is 6.26. The van der Waals surface area contributed by atoms with Crippen molar-refractivity contribution in [2.75, 3.05) is 35.6 Å². The summed E-state index contributed by atoms with van der Waals surface area (Å²) in [4.78, 5) is 23.8. The summed E-state index contributed by atoms with van der Waals surface area (Å²) in [6.45, 7) is 1.27. The summed E-state index contributed by atoms with van der Waals surface area (Å²) in [6.07, 6.45) is -1.41. The number of nitrogens with zero attached hydrogens (tertiary/aromatic N) is 1. The van der Waals surface area contributed by atoms with Gasteiger partial charge in [-0.3, -0.25) is 13.9 Å². The second-order valence-electron chi connectivity index (χ2n) is 5.27. The van der Waals surface area contributed by atoms with E-state index in [1.54, 1.807) is 0 Å². The highest BCUT2D eigenvalue weighted by molar-refractivity contribution is 7.79. The largest absolute Gasteiger partial charge is 0.772 e. The standard InChI is InChI=1S/C14H17F2N3O5S/c1-8(20)18-6-10-7-19(14(21)24-10)9-4-11(15)13(12(16)5-9)17-2-3-25(22)23/h4-5,10,17H,2-3,6-7H2,1H3,(H,18,20)(H,22,23)/p-1/t10-/m0/s1. The monoisotopic (exact) mass is 376 g/mol. The van der Waals surface area contributed by atoms with Crippen molar-refractivity contribution in [2.24, 2.45) is 0 Å². The average Bonchev–Trinajstić information content (AvgIpc) is 2.88. The van der Waals surface area contributed by atoms with Gasteiger partial charge in [-0.25, -0.2) is 13.6 Å². The minimum Gasteiger partial charge on any atom is -0.772 e. The fourth-order valence-electron chi connectivity index (χ4n) is 2.24. The zero-order valence-corrected chi connectivity index (χ0v) is 14.0. The Morgan fingerprint density at radius 2 is 2.08 bits per heavy atom. The van der Waals surface area contributed by atoms with E-state index < -0.39 is 40.6 Å². The average molecular weight is 376 g/mol. The molecule has 1 fully saturated rings. The van der Waals surface area contributed by atoms with Gasteiger partial charge in [0, 0.05) is 31.4 Å². The van der Waals surface area contributed by atoms with Gasteiger partial charge in [0.05, 0.1) is 18.8 Å². The summed E-state index contributed by atoms with van der Waals surface area (Å²) in [5.41, 5.74) is -0.514. The third-order valence-corrected chi connectivity index (χ3v) is 3.90. The molecular weight excluding hydrogens is 360 g/mol. The fraction of sp³-hybridized carbons (Fsp3) is 0.429. The van der Waals surface area contributed by atoms with Crippen molar-refractivity contribution in [2.45, 2.75) is 13.0 Å². The van der Waals surface area contributed by atoms with Gasteiger partial charge in [0.1, 0.15) is 11.8 Å². The molecule has 0 spiro atoms. The lowest BCUT2D eigenvalue weighted by Gasteiger charge is -2.16. The molecule has 2 atom stereocenters. The van der Waals surface area contributed by atoms with Crippen molar-refractivity contribution >= 4 is 34.5 Å². The molecule has 138 valence electrons. The smallest absolute Gasteiger partial charge is 0.414 e. The van der Waals surface area contributed by atoms with E-state index >= 15 is 0 Å². The summed E-state index contributed by atoms with van der Waals surface area (Å²) < 4.78 is 54.0. The Hall–Kier alpha value is -2.27. The SMILES string of the molecule is CC(=O)NC[C@H]1CN(c2cc(F)c(NCCS(=O)[O-])c(F)c2)C(=O)O1. The van der Waals surface area contributed by atoms with E-state index in [0.29, 0.717) is 0 Å². The van der Waals surface area contributed by atoms with Crippen LogP contribution in [0.5, 0.6) is 0 Å². The molecule has 8 nitrogen and oxygen atoms in total. The van der Waals surface area contributed by atoms with Gasteiger partial charge >= 0.3 is 6.09 Å². The highest BCUT2D eigenvalue weighted by atomic mass is 32.2. The van der Waals surface area contributed by atoms with Gasteiger partial charge in [-0.15, -0.1) is 0 Å². The molecule has 2 rings (SSSR count). The topological polar surface area (TPSA) is 111 Å². The number of halogens is 2. The third kappa shape index (κ3) is 5.10. The van der Waals surface area contributed by atoms with E-state index in [9.17, 15) is 27.1 Å². The van der Waals surface area contributed by atoms with Gasteiger partial charge in [0.25, 0.3) is 0 Å². The van der Waals surface area contributed by atoms with Crippen molar-refractivity contribution in [3.63, 3.8) is 0 Å². The van der Waals surface area contributed by atoms with Crippen LogP contribution in [0.4, 0.5) is 25.0 Å². The van der Waals surface area contributed by atoms with Crippen molar-refractivity contribution in [3.8, 4) is 0 Å². The van der Waals surface area contributed by atoms with Gasteiger partial charge in [0.2, 0.25) is 5.91 Å². The van der Waals surface area contributed by atoms with Crippen LogP contribution in [0.3, 0.4) is 0 Å². The van der Waals surface area contributed by atoms with E-state index in [1.165, 1.54) is 6.92 Å². The number of hydrogen-bond donors (Lipinski definition) is 2. The lowest BCUT2D eigenvalue weighted by atomic mass is 10.2. The highest BCUT2D eigenvalue weighted by Gasteiger charge is 2.33. The molecule has 11 heteroatoms. The Balaban J connectivity index is 2.08.